The van der Waals surface area contributed by atoms with E-state index in [0.29, 0.717) is 13.0 Å². The van der Waals surface area contributed by atoms with E-state index in [9.17, 15) is 4.79 Å². The summed E-state index contributed by atoms with van der Waals surface area (Å²) >= 11 is 1.72. The summed E-state index contributed by atoms with van der Waals surface area (Å²) in [6, 6.07) is 0. The highest BCUT2D eigenvalue weighted by Crippen LogP contribution is 2.14. The molecule has 0 aromatic heterocycles. The van der Waals surface area contributed by atoms with Gasteiger partial charge in [0.05, 0.1) is 6.61 Å². The van der Waals surface area contributed by atoms with Crippen molar-refractivity contribution in [3.63, 3.8) is 0 Å². The van der Waals surface area contributed by atoms with Crippen LogP contribution in [0.1, 0.15) is 20.3 Å². The molecule has 0 aliphatic carbocycles. The first-order chi connectivity index (χ1) is 7.06. The Labute approximate surface area is 95.8 Å². The third-order valence-electron chi connectivity index (χ3n) is 2.22. The van der Waals surface area contributed by atoms with Gasteiger partial charge < -0.3 is 15.2 Å². The van der Waals surface area contributed by atoms with Crippen molar-refractivity contribution in [2.45, 2.75) is 25.8 Å². The predicted molar refractivity (Wildman–Crippen MR) is 63.5 cm³/mol. The number of likely N-dealkylation sites (N-methyl/N-ethyl adjacent to an activating group) is 1. The van der Waals surface area contributed by atoms with Crippen LogP contribution in [0.3, 0.4) is 0 Å². The third-order valence-corrected chi connectivity index (χ3v) is 3.17. The number of nitrogens with one attached hydrogen (secondary N) is 1. The first-order valence-electron chi connectivity index (χ1n) is 5.12. The summed E-state index contributed by atoms with van der Waals surface area (Å²) in [5.74, 6) is 0.967. The molecular weight excluding hydrogens is 214 g/mol. The zero-order valence-corrected chi connectivity index (χ0v) is 10.5. The monoisotopic (exact) mass is 235 g/mol. The van der Waals surface area contributed by atoms with Crippen molar-refractivity contribution in [2.24, 2.45) is 0 Å². The minimum absolute atomic E-state index is 0.630. The fourth-order valence-corrected chi connectivity index (χ4v) is 2.22. The zero-order chi connectivity index (χ0) is 11.7. The van der Waals surface area contributed by atoms with E-state index in [1.807, 2.05) is 6.92 Å². The number of carboxylic acids is 1. The Kier molecular flexibility index (Phi) is 7.82. The molecule has 0 aromatic carbocycles. The molecule has 5 heteroatoms. The van der Waals surface area contributed by atoms with Crippen molar-refractivity contribution in [1.82, 2.24) is 5.32 Å². The fourth-order valence-electron chi connectivity index (χ4n) is 1.18. The molecular formula is C10H21NO3S. The quantitative estimate of drug-likeness (QED) is 0.588. The van der Waals surface area contributed by atoms with Crippen LogP contribution in [0.25, 0.3) is 0 Å². The molecule has 0 aliphatic heterocycles. The predicted octanol–water partition coefficient (Wildman–Crippen LogP) is 1.21. The van der Waals surface area contributed by atoms with E-state index >= 15 is 0 Å². The Morgan fingerprint density at radius 3 is 2.67 bits per heavy atom. The van der Waals surface area contributed by atoms with Gasteiger partial charge in [0.25, 0.3) is 0 Å². The molecule has 2 N–H and O–H groups in total. The average molecular weight is 235 g/mol. The number of carbonyl (C=O) groups is 1. The van der Waals surface area contributed by atoms with Gasteiger partial charge in [0, 0.05) is 12.9 Å². The van der Waals surface area contributed by atoms with E-state index in [1.54, 1.807) is 25.8 Å². The van der Waals surface area contributed by atoms with Crippen LogP contribution < -0.4 is 5.32 Å². The fraction of sp³-hybridized carbons (Fsp3) is 0.900. The highest BCUT2D eigenvalue weighted by molar-refractivity contribution is 7.99. The molecule has 0 aliphatic rings. The van der Waals surface area contributed by atoms with Gasteiger partial charge in [-0.3, -0.25) is 4.79 Å². The van der Waals surface area contributed by atoms with Gasteiger partial charge in [-0.1, -0.05) is 6.92 Å². The van der Waals surface area contributed by atoms with Crippen LogP contribution in [0.15, 0.2) is 0 Å². The van der Waals surface area contributed by atoms with Crippen molar-refractivity contribution in [1.29, 1.82) is 0 Å². The van der Waals surface area contributed by atoms with E-state index in [-0.39, 0.29) is 0 Å². The van der Waals surface area contributed by atoms with Crippen LogP contribution in [-0.2, 0) is 9.53 Å². The Morgan fingerprint density at radius 2 is 2.20 bits per heavy atom. The summed E-state index contributed by atoms with van der Waals surface area (Å²) in [6.45, 7) is 5.04. The van der Waals surface area contributed by atoms with E-state index in [1.165, 1.54) is 0 Å². The van der Waals surface area contributed by atoms with Crippen LogP contribution >= 0.6 is 11.8 Å². The number of carboxylic acid groups (broad SMARTS) is 1. The summed E-state index contributed by atoms with van der Waals surface area (Å²) in [7, 11) is 1.67. The smallest absolute Gasteiger partial charge is 0.323 e. The second-order valence-electron chi connectivity index (χ2n) is 3.52. The number of ether oxygens (including phenoxy) is 1. The minimum atomic E-state index is -0.797. The number of thioether (sulfide) groups is 1. The standard InChI is InChI=1S/C10H21NO3S/c1-4-11-10(2,9(12)13)5-7-15-8-6-14-3/h11H,4-8H2,1-3H3,(H,12,13). The van der Waals surface area contributed by atoms with Gasteiger partial charge in [-0.05, 0) is 25.6 Å². The number of hydrogen-bond acceptors (Lipinski definition) is 4. The van der Waals surface area contributed by atoms with Crippen molar-refractivity contribution in [3.8, 4) is 0 Å². The highest BCUT2D eigenvalue weighted by Gasteiger charge is 2.31. The molecule has 0 spiro atoms. The maximum Gasteiger partial charge on any atom is 0.323 e. The number of methoxy groups -OCH3 is 1. The number of rotatable bonds is 9. The number of hydrogen-bond donors (Lipinski definition) is 2. The average Bonchev–Trinajstić information content (AvgIpc) is 2.18. The molecule has 1 unspecified atom stereocenters. The van der Waals surface area contributed by atoms with Crippen molar-refractivity contribution in [3.05, 3.63) is 0 Å². The Morgan fingerprint density at radius 1 is 1.53 bits per heavy atom. The summed E-state index contributed by atoms with van der Waals surface area (Å²) in [6.07, 6.45) is 0.630. The van der Waals surface area contributed by atoms with Gasteiger partial charge in [-0.2, -0.15) is 11.8 Å². The molecule has 0 saturated heterocycles. The third kappa shape index (κ3) is 6.02. The van der Waals surface area contributed by atoms with E-state index < -0.39 is 11.5 Å². The van der Waals surface area contributed by atoms with Gasteiger partial charge in [-0.25, -0.2) is 0 Å². The molecule has 0 heterocycles. The SMILES string of the molecule is CCNC(C)(CCSCCOC)C(=O)O. The largest absolute Gasteiger partial charge is 0.480 e. The second kappa shape index (κ2) is 7.96. The van der Waals surface area contributed by atoms with Crippen molar-refractivity contribution < 1.29 is 14.6 Å². The molecule has 0 fully saturated rings. The maximum absolute atomic E-state index is 11.0. The lowest BCUT2D eigenvalue weighted by atomic mass is 9.99. The molecule has 15 heavy (non-hydrogen) atoms. The van der Waals surface area contributed by atoms with Gasteiger partial charge >= 0.3 is 5.97 Å². The number of aliphatic carboxylic acids is 1. The molecule has 0 aromatic rings. The summed E-state index contributed by atoms with van der Waals surface area (Å²) in [4.78, 5) is 11.0. The Bertz CT molecular complexity index is 190. The van der Waals surface area contributed by atoms with Gasteiger partial charge in [0.2, 0.25) is 0 Å². The molecule has 1 atom stereocenters. The molecule has 0 radical (unpaired) electrons. The van der Waals surface area contributed by atoms with Crippen LogP contribution in [0.5, 0.6) is 0 Å². The maximum atomic E-state index is 11.0. The zero-order valence-electron chi connectivity index (χ0n) is 9.71. The molecule has 0 rings (SSSR count). The topological polar surface area (TPSA) is 58.6 Å². The van der Waals surface area contributed by atoms with Crippen LogP contribution in [0, 0.1) is 0 Å². The molecule has 0 saturated carbocycles. The van der Waals surface area contributed by atoms with E-state index in [4.69, 9.17) is 9.84 Å². The first-order valence-corrected chi connectivity index (χ1v) is 6.27. The van der Waals surface area contributed by atoms with Crippen molar-refractivity contribution >= 4 is 17.7 Å². The van der Waals surface area contributed by atoms with Gasteiger partial charge in [0.1, 0.15) is 5.54 Å². The molecule has 0 bridgehead atoms. The molecule has 0 amide bonds. The summed E-state index contributed by atoms with van der Waals surface area (Å²) < 4.78 is 4.92. The van der Waals surface area contributed by atoms with E-state index in [0.717, 1.165) is 18.1 Å². The van der Waals surface area contributed by atoms with E-state index in [2.05, 4.69) is 5.32 Å². The van der Waals surface area contributed by atoms with Gasteiger partial charge in [0.15, 0.2) is 0 Å². The second-order valence-corrected chi connectivity index (χ2v) is 4.75. The lowest BCUT2D eigenvalue weighted by Gasteiger charge is -2.25. The molecule has 4 nitrogen and oxygen atoms in total. The molecule has 90 valence electrons. The first kappa shape index (κ1) is 14.7. The summed E-state index contributed by atoms with van der Waals surface area (Å²) in [5, 5.41) is 12.1. The van der Waals surface area contributed by atoms with Crippen molar-refractivity contribution in [2.75, 3.05) is 31.8 Å². The Hall–Kier alpha value is -0.260. The minimum Gasteiger partial charge on any atom is -0.480 e. The highest BCUT2D eigenvalue weighted by atomic mass is 32.2. The van der Waals surface area contributed by atoms with Crippen LogP contribution in [-0.4, -0.2) is 48.4 Å². The summed E-state index contributed by atoms with van der Waals surface area (Å²) in [5.41, 5.74) is -0.797. The lowest BCUT2D eigenvalue weighted by molar-refractivity contribution is -0.144. The van der Waals surface area contributed by atoms with Crippen LogP contribution in [0.4, 0.5) is 0 Å². The van der Waals surface area contributed by atoms with Gasteiger partial charge in [-0.15, -0.1) is 0 Å². The normalized spacial score (nSPS) is 14.9. The van der Waals surface area contributed by atoms with Crippen LogP contribution in [0.2, 0.25) is 0 Å². The Balaban J connectivity index is 3.81. The lowest BCUT2D eigenvalue weighted by Crippen LogP contribution is -2.49.